The summed E-state index contributed by atoms with van der Waals surface area (Å²) in [6.07, 6.45) is 0. The molecule has 0 unspecified atom stereocenters. The normalized spacial score (nSPS) is 16.1. The third-order valence-electron chi connectivity index (χ3n) is 6.51. The number of carbonyl (C=O) groups excluding carboxylic acids is 2. The number of ketones is 1. The number of nitro benzene ring substituents is 1. The number of fused-ring (bicyclic) bond motifs is 2. The van der Waals surface area contributed by atoms with Gasteiger partial charge in [-0.3, -0.25) is 14.9 Å². The Morgan fingerprint density at radius 2 is 1.74 bits per heavy atom. The molecule has 0 radical (unpaired) electrons. The molecule has 3 aromatic carbocycles. The van der Waals surface area contributed by atoms with E-state index in [-0.39, 0.29) is 39.4 Å². The maximum atomic E-state index is 13.5. The highest BCUT2D eigenvalue weighted by molar-refractivity contribution is 6.37. The predicted octanol–water partition coefficient (Wildman–Crippen LogP) is 6.22. The van der Waals surface area contributed by atoms with E-state index in [1.807, 2.05) is 12.1 Å². The number of hydrogen-bond donors (Lipinski definition) is 1. The summed E-state index contributed by atoms with van der Waals surface area (Å²) < 4.78 is 10.9. The van der Waals surface area contributed by atoms with Gasteiger partial charge in [0.15, 0.2) is 11.5 Å². The molecule has 0 fully saturated rings. The van der Waals surface area contributed by atoms with E-state index >= 15 is 0 Å². The minimum absolute atomic E-state index is 0.0106. The number of halogens is 2. The van der Waals surface area contributed by atoms with Gasteiger partial charge in [-0.1, -0.05) is 59.6 Å². The molecule has 3 aromatic rings. The van der Waals surface area contributed by atoms with Crippen molar-refractivity contribution in [3.05, 3.63) is 120 Å². The molecule has 1 N–H and O–H groups in total. The molecule has 38 heavy (non-hydrogen) atoms. The highest BCUT2D eigenvalue weighted by atomic mass is 35.5. The van der Waals surface area contributed by atoms with Crippen LogP contribution in [-0.4, -0.2) is 23.8 Å². The number of nitrogens with one attached hydrogen (secondary N) is 1. The van der Waals surface area contributed by atoms with Gasteiger partial charge >= 0.3 is 5.97 Å². The third kappa shape index (κ3) is 4.31. The number of allylic oxidation sites excluding steroid dienone is 2. The molecular weight excluding hydrogens is 531 g/mol. The minimum Gasteiger partial charge on any atom is -0.486 e. The Labute approximate surface area is 227 Å². The van der Waals surface area contributed by atoms with Gasteiger partial charge in [-0.15, -0.1) is 0 Å². The van der Waals surface area contributed by atoms with Gasteiger partial charge in [0.05, 0.1) is 33.3 Å². The number of Topliss-reactive ketones (excluding diaryl/α,β-unsaturated/α-hetero) is 1. The molecular formula is C28H20Cl2N2O6. The van der Waals surface area contributed by atoms with Gasteiger partial charge in [0.1, 0.15) is 6.61 Å². The number of rotatable bonds is 6. The summed E-state index contributed by atoms with van der Waals surface area (Å²) in [5.41, 5.74) is 4.12. The summed E-state index contributed by atoms with van der Waals surface area (Å²) in [4.78, 5) is 37.0. The first-order valence-electron chi connectivity index (χ1n) is 11.5. The Morgan fingerprint density at radius 3 is 2.39 bits per heavy atom. The molecule has 0 aromatic heterocycles. The van der Waals surface area contributed by atoms with Gasteiger partial charge in [0.25, 0.3) is 5.69 Å². The monoisotopic (exact) mass is 550 g/mol. The topological polar surface area (TPSA) is 108 Å². The molecule has 10 heteroatoms. The van der Waals surface area contributed by atoms with E-state index in [4.69, 9.17) is 32.7 Å². The van der Waals surface area contributed by atoms with Crippen LogP contribution in [0.2, 0.25) is 10.0 Å². The van der Waals surface area contributed by atoms with Crippen molar-refractivity contribution in [1.29, 1.82) is 0 Å². The summed E-state index contributed by atoms with van der Waals surface area (Å²) in [5.74, 6) is -1.42. The van der Waals surface area contributed by atoms with E-state index in [1.165, 1.54) is 19.2 Å². The van der Waals surface area contributed by atoms with Crippen molar-refractivity contribution >= 4 is 46.3 Å². The van der Waals surface area contributed by atoms with Crippen LogP contribution in [0, 0.1) is 10.1 Å². The fourth-order valence-corrected chi connectivity index (χ4v) is 5.46. The smallest absolute Gasteiger partial charge is 0.336 e. The fourth-order valence-electron chi connectivity index (χ4n) is 4.84. The number of methoxy groups -OCH3 is 1. The lowest BCUT2D eigenvalue weighted by Crippen LogP contribution is -2.29. The van der Waals surface area contributed by atoms with Crippen LogP contribution in [0.5, 0.6) is 5.75 Å². The molecule has 0 bridgehead atoms. The molecule has 1 aliphatic carbocycles. The van der Waals surface area contributed by atoms with Crippen molar-refractivity contribution in [1.82, 2.24) is 5.32 Å². The quantitative estimate of drug-likeness (QED) is 0.220. The van der Waals surface area contributed by atoms with Crippen LogP contribution >= 0.6 is 23.2 Å². The van der Waals surface area contributed by atoms with E-state index in [9.17, 15) is 19.7 Å². The molecule has 1 aliphatic heterocycles. The number of carbonyl (C=O) groups is 2. The molecule has 5 rings (SSSR count). The molecule has 1 heterocycles. The Bertz CT molecular complexity index is 1570. The molecule has 0 saturated carbocycles. The van der Waals surface area contributed by atoms with Crippen LogP contribution in [0.4, 0.5) is 5.69 Å². The van der Waals surface area contributed by atoms with Crippen molar-refractivity contribution in [3.8, 4) is 5.75 Å². The van der Waals surface area contributed by atoms with E-state index in [1.54, 1.807) is 43.3 Å². The zero-order valence-electron chi connectivity index (χ0n) is 20.2. The highest BCUT2D eigenvalue weighted by Gasteiger charge is 2.43. The second-order valence-corrected chi connectivity index (χ2v) is 9.60. The average Bonchev–Trinajstić information content (AvgIpc) is 3.18. The second kappa shape index (κ2) is 9.96. The lowest BCUT2D eigenvalue weighted by Gasteiger charge is -2.29. The summed E-state index contributed by atoms with van der Waals surface area (Å²) in [5, 5.41) is 14.6. The standard InChI is InChI=1S/C28H20Cl2N2O6/c1-14-22(28(34)37-2)23(24-25(31-14)18-8-3-4-9-19(18)26(24)33)16-11-20(29)27(21(30)12-16)38-13-15-6-5-7-17(10-15)32(35)36/h3-12,23,31H,13H2,1-2H3/t23-/m0/s1. The zero-order valence-corrected chi connectivity index (χ0v) is 21.7. The number of esters is 1. The maximum Gasteiger partial charge on any atom is 0.336 e. The Kier molecular flexibility index (Phi) is 6.69. The van der Waals surface area contributed by atoms with E-state index < -0.39 is 16.8 Å². The number of nitrogens with zero attached hydrogens (tertiary/aromatic N) is 1. The molecule has 0 spiro atoms. The Balaban J connectivity index is 1.55. The third-order valence-corrected chi connectivity index (χ3v) is 7.07. The Morgan fingerprint density at radius 1 is 1.05 bits per heavy atom. The van der Waals surface area contributed by atoms with Gasteiger partial charge in [0, 0.05) is 40.4 Å². The van der Waals surface area contributed by atoms with Crippen LogP contribution < -0.4 is 10.1 Å². The van der Waals surface area contributed by atoms with Gasteiger partial charge in [-0.05, 0) is 30.2 Å². The Hall–Kier alpha value is -4.14. The van der Waals surface area contributed by atoms with Crippen molar-refractivity contribution < 1.29 is 24.0 Å². The van der Waals surface area contributed by atoms with Crippen molar-refractivity contribution in [2.24, 2.45) is 0 Å². The first-order valence-corrected chi connectivity index (χ1v) is 12.3. The molecule has 0 amide bonds. The molecule has 2 aliphatic rings. The van der Waals surface area contributed by atoms with Crippen LogP contribution in [0.25, 0.3) is 5.70 Å². The number of non-ortho nitro benzene ring substituents is 1. The molecule has 192 valence electrons. The van der Waals surface area contributed by atoms with Crippen molar-refractivity contribution in [2.75, 3.05) is 7.11 Å². The SMILES string of the molecule is COC(=O)C1=C(C)NC2=C(C(=O)c3ccccc32)[C@H]1c1cc(Cl)c(OCc2cccc([N+](=O)[O-])c2)c(Cl)c1. The number of hydrogen-bond acceptors (Lipinski definition) is 7. The van der Waals surface area contributed by atoms with Gasteiger partial charge < -0.3 is 14.8 Å². The van der Waals surface area contributed by atoms with Crippen LogP contribution in [0.3, 0.4) is 0 Å². The number of dihydropyridines is 1. The number of benzene rings is 3. The average molecular weight is 551 g/mol. The first-order chi connectivity index (χ1) is 18.2. The molecule has 1 atom stereocenters. The molecule has 0 saturated heterocycles. The summed E-state index contributed by atoms with van der Waals surface area (Å²) in [6.45, 7) is 1.73. The maximum absolute atomic E-state index is 13.5. The minimum atomic E-state index is -0.792. The van der Waals surface area contributed by atoms with Crippen molar-refractivity contribution in [3.63, 3.8) is 0 Å². The first kappa shape index (κ1) is 25.5. The second-order valence-electron chi connectivity index (χ2n) is 8.78. The van der Waals surface area contributed by atoms with E-state index in [0.29, 0.717) is 33.7 Å². The number of ether oxygens (including phenoxy) is 2. The zero-order chi connectivity index (χ0) is 27.1. The van der Waals surface area contributed by atoms with E-state index in [0.717, 1.165) is 5.56 Å². The lowest BCUT2D eigenvalue weighted by molar-refractivity contribution is -0.384. The van der Waals surface area contributed by atoms with Crippen molar-refractivity contribution in [2.45, 2.75) is 19.4 Å². The predicted molar refractivity (Wildman–Crippen MR) is 142 cm³/mol. The molecule has 8 nitrogen and oxygen atoms in total. The largest absolute Gasteiger partial charge is 0.486 e. The number of nitro groups is 1. The summed E-state index contributed by atoms with van der Waals surface area (Å²) >= 11 is 13.2. The van der Waals surface area contributed by atoms with Gasteiger partial charge in [0.2, 0.25) is 0 Å². The van der Waals surface area contributed by atoms with Gasteiger partial charge in [-0.2, -0.15) is 0 Å². The van der Waals surface area contributed by atoms with Crippen LogP contribution in [0.1, 0.15) is 39.9 Å². The van der Waals surface area contributed by atoms with E-state index in [2.05, 4.69) is 5.32 Å². The van der Waals surface area contributed by atoms with Gasteiger partial charge in [-0.25, -0.2) is 4.79 Å². The summed E-state index contributed by atoms with van der Waals surface area (Å²) in [7, 11) is 1.28. The fraction of sp³-hybridized carbons (Fsp3) is 0.143. The van der Waals surface area contributed by atoms with Crippen LogP contribution in [-0.2, 0) is 16.1 Å². The summed E-state index contributed by atoms with van der Waals surface area (Å²) in [6, 6.07) is 16.5. The van der Waals surface area contributed by atoms with Crippen LogP contribution in [0.15, 0.2) is 77.5 Å². The lowest BCUT2D eigenvalue weighted by atomic mass is 9.80. The highest BCUT2D eigenvalue weighted by Crippen LogP contribution is 2.48.